The summed E-state index contributed by atoms with van der Waals surface area (Å²) < 4.78 is 44.8. The van der Waals surface area contributed by atoms with Crippen molar-refractivity contribution in [2.75, 3.05) is 33.9 Å². The fraction of sp³-hybridized carbons (Fsp3) is 0.414. The Morgan fingerprint density at radius 2 is 1.63 bits per heavy atom. The highest BCUT2D eigenvalue weighted by Crippen LogP contribution is 2.28. The normalized spacial score (nSPS) is 11.7. The van der Waals surface area contributed by atoms with E-state index in [0.717, 1.165) is 16.9 Å². The number of carbonyl (C=O) groups excluding carboxylic acids is 1. The van der Waals surface area contributed by atoms with E-state index in [1.165, 1.54) is 4.31 Å². The van der Waals surface area contributed by atoms with E-state index in [-0.39, 0.29) is 36.4 Å². The number of benzene rings is 2. The second kappa shape index (κ2) is 13.0. The van der Waals surface area contributed by atoms with E-state index in [4.69, 9.17) is 13.9 Å². The highest BCUT2D eigenvalue weighted by molar-refractivity contribution is 7.89. The Hall–Kier alpha value is -3.30. The molecular formula is C29H38N2O6S. The summed E-state index contributed by atoms with van der Waals surface area (Å²) in [5.41, 5.74) is 1.92. The van der Waals surface area contributed by atoms with Crippen molar-refractivity contribution in [1.29, 1.82) is 0 Å². The number of hydrogen-bond acceptors (Lipinski definition) is 6. The van der Waals surface area contributed by atoms with Crippen LogP contribution < -0.4 is 9.47 Å². The fourth-order valence-corrected chi connectivity index (χ4v) is 5.67. The van der Waals surface area contributed by atoms with E-state index < -0.39 is 10.0 Å². The van der Waals surface area contributed by atoms with Gasteiger partial charge in [0.15, 0.2) is 11.5 Å². The zero-order valence-corrected chi connectivity index (χ0v) is 23.9. The van der Waals surface area contributed by atoms with Crippen LogP contribution in [0.15, 0.2) is 63.9 Å². The van der Waals surface area contributed by atoms with Crippen LogP contribution in [-0.2, 0) is 27.8 Å². The van der Waals surface area contributed by atoms with Crippen LogP contribution in [0.1, 0.15) is 36.5 Å². The predicted molar refractivity (Wildman–Crippen MR) is 147 cm³/mol. The van der Waals surface area contributed by atoms with E-state index in [1.807, 2.05) is 58.0 Å². The van der Waals surface area contributed by atoms with Gasteiger partial charge < -0.3 is 18.8 Å². The van der Waals surface area contributed by atoms with Crippen LogP contribution in [-0.4, -0.2) is 57.4 Å². The Labute approximate surface area is 226 Å². The fourth-order valence-electron chi connectivity index (χ4n) is 4.12. The molecule has 206 valence electrons. The molecule has 3 rings (SSSR count). The SMILES string of the molecule is COc1ccc(CCN(Cc2ccc(C)o2)C(=O)CN(CC(C)C)S(=O)(=O)c2ccc(C)cc2)cc1OC. The highest BCUT2D eigenvalue weighted by Gasteiger charge is 2.29. The molecule has 0 radical (unpaired) electrons. The Morgan fingerprint density at radius 1 is 0.947 bits per heavy atom. The summed E-state index contributed by atoms with van der Waals surface area (Å²) in [6.45, 7) is 8.18. The van der Waals surface area contributed by atoms with Crippen LogP contribution in [0, 0.1) is 19.8 Å². The quantitative estimate of drug-likeness (QED) is 0.307. The van der Waals surface area contributed by atoms with Crippen molar-refractivity contribution >= 4 is 15.9 Å². The lowest BCUT2D eigenvalue weighted by Crippen LogP contribution is -2.44. The molecule has 0 aliphatic heterocycles. The summed E-state index contributed by atoms with van der Waals surface area (Å²) in [5, 5.41) is 0. The molecular weight excluding hydrogens is 504 g/mol. The van der Waals surface area contributed by atoms with Crippen LogP contribution in [0.4, 0.5) is 0 Å². The Kier molecular flexibility index (Phi) is 9.99. The van der Waals surface area contributed by atoms with Crippen molar-refractivity contribution < 1.29 is 27.1 Å². The van der Waals surface area contributed by atoms with Crippen LogP contribution in [0.2, 0.25) is 0 Å². The molecule has 38 heavy (non-hydrogen) atoms. The molecule has 0 bridgehead atoms. The molecule has 0 atom stereocenters. The van der Waals surface area contributed by atoms with Crippen LogP contribution in [0.5, 0.6) is 11.5 Å². The number of ether oxygens (including phenoxy) is 2. The molecule has 0 saturated carbocycles. The third-order valence-electron chi connectivity index (χ3n) is 6.15. The minimum Gasteiger partial charge on any atom is -0.493 e. The Bertz CT molecular complexity index is 1320. The molecule has 0 aliphatic rings. The summed E-state index contributed by atoms with van der Waals surface area (Å²) in [5.74, 6) is 2.36. The Morgan fingerprint density at radius 3 is 2.21 bits per heavy atom. The summed E-state index contributed by atoms with van der Waals surface area (Å²) >= 11 is 0. The van der Waals surface area contributed by atoms with Crippen molar-refractivity contribution in [3.8, 4) is 11.5 Å². The van der Waals surface area contributed by atoms with Gasteiger partial charge in [-0.2, -0.15) is 4.31 Å². The van der Waals surface area contributed by atoms with Gasteiger partial charge in [-0.1, -0.05) is 37.6 Å². The summed E-state index contributed by atoms with van der Waals surface area (Å²) in [4.78, 5) is 15.5. The molecule has 1 heterocycles. The van der Waals surface area contributed by atoms with Gasteiger partial charge in [0.1, 0.15) is 11.5 Å². The van der Waals surface area contributed by atoms with Crippen molar-refractivity contribution in [2.24, 2.45) is 5.92 Å². The van der Waals surface area contributed by atoms with Crippen LogP contribution in [0.3, 0.4) is 0 Å². The topological polar surface area (TPSA) is 89.3 Å². The molecule has 1 amide bonds. The zero-order valence-electron chi connectivity index (χ0n) is 23.1. The predicted octanol–water partition coefficient (Wildman–Crippen LogP) is 4.83. The van der Waals surface area contributed by atoms with Gasteiger partial charge in [0.05, 0.1) is 32.2 Å². The molecule has 0 unspecified atom stereocenters. The van der Waals surface area contributed by atoms with Gasteiger partial charge in [-0.25, -0.2) is 8.42 Å². The van der Waals surface area contributed by atoms with Crippen LogP contribution >= 0.6 is 0 Å². The molecule has 8 nitrogen and oxygen atoms in total. The number of rotatable bonds is 13. The third kappa shape index (κ3) is 7.61. The lowest BCUT2D eigenvalue weighted by molar-refractivity contribution is -0.132. The maximum atomic E-state index is 13.7. The first-order valence-electron chi connectivity index (χ1n) is 12.6. The lowest BCUT2D eigenvalue weighted by atomic mass is 10.1. The van der Waals surface area contributed by atoms with Crippen molar-refractivity contribution in [3.05, 3.63) is 77.2 Å². The molecule has 0 saturated heterocycles. The largest absolute Gasteiger partial charge is 0.493 e. The molecule has 0 fully saturated rings. The highest BCUT2D eigenvalue weighted by atomic mass is 32.2. The van der Waals surface area contributed by atoms with Crippen molar-refractivity contribution in [1.82, 2.24) is 9.21 Å². The first kappa shape index (κ1) is 29.3. The number of nitrogens with zero attached hydrogens (tertiary/aromatic N) is 2. The minimum atomic E-state index is -3.86. The van der Waals surface area contributed by atoms with E-state index in [1.54, 1.807) is 43.4 Å². The number of aryl methyl sites for hydroxylation is 2. The molecule has 0 N–H and O–H groups in total. The monoisotopic (exact) mass is 542 g/mol. The number of sulfonamides is 1. The van der Waals surface area contributed by atoms with Gasteiger partial charge in [0, 0.05) is 13.1 Å². The molecule has 0 aliphatic carbocycles. The molecule has 0 spiro atoms. The zero-order chi connectivity index (χ0) is 27.9. The van der Waals surface area contributed by atoms with E-state index in [2.05, 4.69) is 0 Å². The van der Waals surface area contributed by atoms with Crippen molar-refractivity contribution in [3.63, 3.8) is 0 Å². The number of hydrogen-bond donors (Lipinski definition) is 0. The van der Waals surface area contributed by atoms with E-state index in [9.17, 15) is 13.2 Å². The van der Waals surface area contributed by atoms with Gasteiger partial charge in [-0.3, -0.25) is 4.79 Å². The second-order valence-electron chi connectivity index (χ2n) is 9.77. The maximum absolute atomic E-state index is 13.7. The first-order valence-corrected chi connectivity index (χ1v) is 14.1. The van der Waals surface area contributed by atoms with Crippen LogP contribution in [0.25, 0.3) is 0 Å². The molecule has 9 heteroatoms. The van der Waals surface area contributed by atoms with E-state index in [0.29, 0.717) is 30.2 Å². The first-order chi connectivity index (χ1) is 18.0. The number of methoxy groups -OCH3 is 2. The summed E-state index contributed by atoms with van der Waals surface area (Å²) in [6, 6.07) is 16.0. The van der Waals surface area contributed by atoms with Crippen molar-refractivity contribution in [2.45, 2.75) is 45.6 Å². The van der Waals surface area contributed by atoms with Gasteiger partial charge in [0.25, 0.3) is 0 Å². The smallest absolute Gasteiger partial charge is 0.243 e. The second-order valence-corrected chi connectivity index (χ2v) is 11.7. The number of amides is 1. The molecule has 1 aromatic heterocycles. The van der Waals surface area contributed by atoms with E-state index >= 15 is 0 Å². The van der Waals surface area contributed by atoms with Gasteiger partial charge in [-0.15, -0.1) is 0 Å². The molecule has 2 aromatic carbocycles. The average molecular weight is 543 g/mol. The van der Waals surface area contributed by atoms with Gasteiger partial charge in [-0.05, 0) is 68.1 Å². The number of carbonyl (C=O) groups is 1. The Balaban J connectivity index is 1.85. The summed E-state index contributed by atoms with van der Waals surface area (Å²) in [6.07, 6.45) is 0.542. The number of furan rings is 1. The maximum Gasteiger partial charge on any atom is 0.243 e. The average Bonchev–Trinajstić information content (AvgIpc) is 3.30. The third-order valence-corrected chi connectivity index (χ3v) is 7.98. The summed E-state index contributed by atoms with van der Waals surface area (Å²) in [7, 11) is -0.704. The van der Waals surface area contributed by atoms with Gasteiger partial charge in [0.2, 0.25) is 15.9 Å². The van der Waals surface area contributed by atoms with Gasteiger partial charge >= 0.3 is 0 Å². The minimum absolute atomic E-state index is 0.0379. The standard InChI is InChI=1S/C29H38N2O6S/c1-21(2)18-31(38(33,34)26-12-7-22(3)8-13-26)20-29(32)30(19-25-11-9-23(4)37-25)16-15-24-10-14-27(35-5)28(17-24)36-6/h7-14,17,21H,15-16,18-20H2,1-6H3. The molecule has 3 aromatic rings. The lowest BCUT2D eigenvalue weighted by Gasteiger charge is -2.28.